The molecule has 1 fully saturated rings. The summed E-state index contributed by atoms with van der Waals surface area (Å²) in [4.78, 5) is 0. The summed E-state index contributed by atoms with van der Waals surface area (Å²) in [5.74, 6) is 0. The fraction of sp³-hybridized carbons (Fsp3) is 0.571. The first kappa shape index (κ1) is 12.1. The quantitative estimate of drug-likeness (QED) is 0.883. The van der Waals surface area contributed by atoms with Gasteiger partial charge in [-0.3, -0.25) is 0 Å². The molecule has 0 unspecified atom stereocenters. The van der Waals surface area contributed by atoms with E-state index in [0.29, 0.717) is 5.41 Å². The molecule has 0 saturated heterocycles. The Balaban J connectivity index is 2.19. The second-order valence-corrected chi connectivity index (χ2v) is 6.14. The summed E-state index contributed by atoms with van der Waals surface area (Å²) < 4.78 is 1.13. The molecule has 1 nitrogen and oxygen atoms in total. The van der Waals surface area contributed by atoms with E-state index in [0.717, 1.165) is 17.3 Å². The predicted molar refractivity (Wildman–Crippen MR) is 72.3 cm³/mol. The lowest BCUT2D eigenvalue weighted by molar-refractivity contribution is 0.0166. The molecule has 1 aromatic rings. The van der Waals surface area contributed by atoms with Crippen LogP contribution in [0.3, 0.4) is 0 Å². The number of nitrogens with two attached hydrogens (primary N) is 1. The molecule has 0 aliphatic heterocycles. The highest BCUT2D eigenvalue weighted by molar-refractivity contribution is 9.10. The van der Waals surface area contributed by atoms with Crippen LogP contribution < -0.4 is 5.73 Å². The summed E-state index contributed by atoms with van der Waals surface area (Å²) in [6.07, 6.45) is 4.75. The summed E-state index contributed by atoms with van der Waals surface area (Å²) in [7, 11) is 0. The highest BCUT2D eigenvalue weighted by Gasteiger charge is 2.50. The monoisotopic (exact) mass is 281 g/mol. The van der Waals surface area contributed by atoms with Gasteiger partial charge in [-0.2, -0.15) is 0 Å². The van der Waals surface area contributed by atoms with E-state index >= 15 is 0 Å². The molecule has 0 spiro atoms. The van der Waals surface area contributed by atoms with Crippen molar-refractivity contribution in [1.29, 1.82) is 0 Å². The Morgan fingerprint density at radius 3 is 2.38 bits per heavy atom. The summed E-state index contributed by atoms with van der Waals surface area (Å²) in [5.41, 5.74) is 8.19. The van der Waals surface area contributed by atoms with Crippen LogP contribution in [0.4, 0.5) is 0 Å². The van der Waals surface area contributed by atoms with E-state index in [1.165, 1.54) is 18.4 Å². The third-order valence-corrected chi connectivity index (χ3v) is 4.77. The number of rotatable bonds is 3. The zero-order valence-corrected chi connectivity index (χ0v) is 11.7. The van der Waals surface area contributed by atoms with Crippen LogP contribution in [-0.4, -0.2) is 0 Å². The van der Waals surface area contributed by atoms with Gasteiger partial charge in [-0.05, 0) is 36.0 Å². The molecule has 0 bridgehead atoms. The number of hydrogen-bond donors (Lipinski definition) is 1. The molecule has 1 saturated carbocycles. The third kappa shape index (κ3) is 1.93. The highest BCUT2D eigenvalue weighted by atomic mass is 79.9. The highest BCUT2D eigenvalue weighted by Crippen LogP contribution is 2.56. The minimum Gasteiger partial charge on any atom is -0.321 e. The first-order valence-electron chi connectivity index (χ1n) is 6.08. The number of halogens is 1. The molecular formula is C14H20BrN. The van der Waals surface area contributed by atoms with Gasteiger partial charge in [0.2, 0.25) is 0 Å². The fourth-order valence-corrected chi connectivity index (χ4v) is 3.44. The second-order valence-electron chi connectivity index (χ2n) is 5.23. The van der Waals surface area contributed by atoms with Crippen LogP contribution in [0.1, 0.15) is 45.1 Å². The number of benzene rings is 1. The van der Waals surface area contributed by atoms with Crippen molar-refractivity contribution in [3.63, 3.8) is 0 Å². The Labute approximate surface area is 107 Å². The van der Waals surface area contributed by atoms with E-state index in [9.17, 15) is 0 Å². The maximum atomic E-state index is 6.50. The van der Waals surface area contributed by atoms with E-state index in [2.05, 4.69) is 54.0 Å². The maximum absolute atomic E-state index is 6.50. The molecular weight excluding hydrogens is 262 g/mol. The predicted octanol–water partition coefficient (Wildman–Crippen LogP) is 4.20. The van der Waals surface area contributed by atoms with Gasteiger partial charge in [-0.25, -0.2) is 0 Å². The topological polar surface area (TPSA) is 26.0 Å². The Morgan fingerprint density at radius 2 is 1.88 bits per heavy atom. The van der Waals surface area contributed by atoms with Gasteiger partial charge in [-0.15, -0.1) is 0 Å². The first-order valence-corrected chi connectivity index (χ1v) is 6.88. The molecule has 2 heteroatoms. The Hall–Kier alpha value is -0.340. The van der Waals surface area contributed by atoms with Gasteiger partial charge in [0.25, 0.3) is 0 Å². The molecule has 88 valence electrons. The van der Waals surface area contributed by atoms with Crippen LogP contribution in [0.2, 0.25) is 0 Å². The van der Waals surface area contributed by atoms with Crippen molar-refractivity contribution >= 4 is 15.9 Å². The van der Waals surface area contributed by atoms with E-state index in [1.807, 2.05) is 0 Å². The largest absolute Gasteiger partial charge is 0.321 e. The van der Waals surface area contributed by atoms with Crippen LogP contribution in [0.15, 0.2) is 28.7 Å². The van der Waals surface area contributed by atoms with Gasteiger partial charge in [0.15, 0.2) is 0 Å². The molecule has 1 aliphatic rings. The van der Waals surface area contributed by atoms with Crippen molar-refractivity contribution in [2.45, 2.75) is 45.1 Å². The molecule has 0 radical (unpaired) electrons. The Kier molecular flexibility index (Phi) is 3.15. The van der Waals surface area contributed by atoms with Gasteiger partial charge in [-0.1, -0.05) is 54.8 Å². The lowest BCUT2D eigenvalue weighted by Crippen LogP contribution is -2.55. The van der Waals surface area contributed by atoms with E-state index < -0.39 is 0 Å². The van der Waals surface area contributed by atoms with Gasteiger partial charge in [0.1, 0.15) is 0 Å². The molecule has 16 heavy (non-hydrogen) atoms. The van der Waals surface area contributed by atoms with Crippen molar-refractivity contribution in [1.82, 2.24) is 0 Å². The molecule has 2 N–H and O–H groups in total. The molecule has 1 aromatic carbocycles. The fourth-order valence-electron chi connectivity index (χ4n) is 3.04. The van der Waals surface area contributed by atoms with Crippen molar-refractivity contribution in [3.05, 3.63) is 34.3 Å². The van der Waals surface area contributed by atoms with Crippen LogP contribution in [0.5, 0.6) is 0 Å². The van der Waals surface area contributed by atoms with Crippen molar-refractivity contribution < 1.29 is 0 Å². The lowest BCUT2D eigenvalue weighted by Gasteiger charge is -2.54. The first-order chi connectivity index (χ1) is 7.53. The maximum Gasteiger partial charge on any atom is 0.0420 e. The average molecular weight is 282 g/mol. The van der Waals surface area contributed by atoms with E-state index in [-0.39, 0.29) is 5.54 Å². The molecule has 0 amide bonds. The second kappa shape index (κ2) is 4.15. The normalized spacial score (nSPS) is 21.5. The molecule has 0 aromatic heterocycles. The lowest BCUT2D eigenvalue weighted by atomic mass is 9.53. The zero-order valence-electron chi connectivity index (χ0n) is 10.1. The molecule has 0 heterocycles. The van der Waals surface area contributed by atoms with Crippen molar-refractivity contribution in [2.24, 2.45) is 11.1 Å². The van der Waals surface area contributed by atoms with Crippen molar-refractivity contribution in [2.75, 3.05) is 0 Å². The van der Waals surface area contributed by atoms with Crippen molar-refractivity contribution in [3.8, 4) is 0 Å². The summed E-state index contributed by atoms with van der Waals surface area (Å²) in [6, 6.07) is 8.44. The summed E-state index contributed by atoms with van der Waals surface area (Å²) in [6.45, 7) is 4.56. The van der Waals surface area contributed by atoms with Gasteiger partial charge >= 0.3 is 0 Å². The van der Waals surface area contributed by atoms with Crippen LogP contribution in [0.25, 0.3) is 0 Å². The molecule has 1 aliphatic carbocycles. The van der Waals surface area contributed by atoms with Crippen LogP contribution >= 0.6 is 15.9 Å². The minimum atomic E-state index is -0.0875. The minimum absolute atomic E-state index is 0.0875. The molecule has 2 rings (SSSR count). The van der Waals surface area contributed by atoms with E-state index in [4.69, 9.17) is 5.73 Å². The smallest absolute Gasteiger partial charge is 0.0420 e. The third-order valence-electron chi connectivity index (χ3n) is 4.28. The van der Waals surface area contributed by atoms with Crippen LogP contribution in [-0.2, 0) is 5.54 Å². The van der Waals surface area contributed by atoms with Crippen LogP contribution in [0, 0.1) is 5.41 Å². The number of hydrogen-bond acceptors (Lipinski definition) is 1. The Bertz CT molecular complexity index is 374. The molecule has 0 atom stereocenters. The SMILES string of the molecule is CCC1(CC)CC(N)(c2cccc(Br)c2)C1. The standard InChI is InChI=1S/C14H20BrN/c1-3-13(4-2)9-14(16,10-13)11-6-5-7-12(15)8-11/h5-8H,3-4,9-10,16H2,1-2H3. The van der Waals surface area contributed by atoms with Gasteiger partial charge < -0.3 is 5.73 Å². The average Bonchev–Trinajstić information content (AvgIpc) is 2.24. The zero-order chi connectivity index (χ0) is 11.8. The van der Waals surface area contributed by atoms with E-state index in [1.54, 1.807) is 0 Å². The summed E-state index contributed by atoms with van der Waals surface area (Å²) in [5, 5.41) is 0. The van der Waals surface area contributed by atoms with Gasteiger partial charge in [0, 0.05) is 10.0 Å². The Morgan fingerprint density at radius 1 is 1.25 bits per heavy atom. The summed E-state index contributed by atoms with van der Waals surface area (Å²) >= 11 is 3.51. The van der Waals surface area contributed by atoms with Gasteiger partial charge in [0.05, 0.1) is 0 Å².